The van der Waals surface area contributed by atoms with Crippen LogP contribution in [0, 0.1) is 0 Å². The summed E-state index contributed by atoms with van der Waals surface area (Å²) in [7, 11) is 0. The normalized spacial score (nSPS) is 32.9. The zero-order chi connectivity index (χ0) is 12.0. The van der Waals surface area contributed by atoms with E-state index < -0.39 is 0 Å². The number of hydrogen-bond acceptors (Lipinski definition) is 3. The fraction of sp³-hybridized carbons (Fsp3) is 0.615. The standard InChI is InChI=1S/C13H18N2OS/c1-8-3-2-4-11-12-9(5-6-17-12)7-10(14)13(16)15(8)11/h5-6,8,10-11H,2-4,7,14H2,1H3. The van der Waals surface area contributed by atoms with Crippen molar-refractivity contribution < 1.29 is 4.79 Å². The molecular weight excluding hydrogens is 232 g/mol. The Kier molecular flexibility index (Phi) is 2.71. The molecule has 0 aliphatic carbocycles. The molecule has 2 aliphatic rings. The predicted molar refractivity (Wildman–Crippen MR) is 68.9 cm³/mol. The van der Waals surface area contributed by atoms with Gasteiger partial charge in [0.25, 0.3) is 0 Å². The zero-order valence-corrected chi connectivity index (χ0v) is 10.9. The van der Waals surface area contributed by atoms with Crippen molar-refractivity contribution in [3.8, 4) is 0 Å². The summed E-state index contributed by atoms with van der Waals surface area (Å²) in [5.74, 6) is 0.144. The first-order valence-electron chi connectivity index (χ1n) is 6.32. The van der Waals surface area contributed by atoms with Crippen LogP contribution in [0.5, 0.6) is 0 Å². The topological polar surface area (TPSA) is 46.3 Å². The van der Waals surface area contributed by atoms with Gasteiger partial charge in [-0.15, -0.1) is 11.3 Å². The molecule has 3 nitrogen and oxygen atoms in total. The maximum absolute atomic E-state index is 12.4. The minimum absolute atomic E-state index is 0.144. The van der Waals surface area contributed by atoms with E-state index in [1.807, 2.05) is 0 Å². The van der Waals surface area contributed by atoms with E-state index >= 15 is 0 Å². The quantitative estimate of drug-likeness (QED) is 0.766. The summed E-state index contributed by atoms with van der Waals surface area (Å²) in [6.45, 7) is 2.15. The Labute approximate surface area is 106 Å². The Balaban J connectivity index is 2.07. The molecule has 2 N–H and O–H groups in total. The highest BCUT2D eigenvalue weighted by atomic mass is 32.1. The van der Waals surface area contributed by atoms with Gasteiger partial charge in [0, 0.05) is 10.9 Å². The molecule has 1 aromatic rings. The second-order valence-corrected chi connectivity index (χ2v) is 6.11. The summed E-state index contributed by atoms with van der Waals surface area (Å²) in [5.41, 5.74) is 7.32. The second kappa shape index (κ2) is 4.10. The largest absolute Gasteiger partial charge is 0.331 e. The molecule has 0 spiro atoms. The molecule has 3 heterocycles. The van der Waals surface area contributed by atoms with Crippen molar-refractivity contribution in [2.45, 2.75) is 50.7 Å². The molecule has 1 amide bonds. The average molecular weight is 250 g/mol. The van der Waals surface area contributed by atoms with Crippen molar-refractivity contribution in [3.63, 3.8) is 0 Å². The smallest absolute Gasteiger partial charge is 0.240 e. The lowest BCUT2D eigenvalue weighted by molar-refractivity contribution is -0.138. The SMILES string of the molecule is CC1CCCC2c3sccc3CC(N)C(=O)N12. The fourth-order valence-electron chi connectivity index (χ4n) is 3.14. The number of fused-ring (bicyclic) bond motifs is 3. The van der Waals surface area contributed by atoms with Crippen LogP contribution in [-0.4, -0.2) is 22.9 Å². The van der Waals surface area contributed by atoms with Gasteiger partial charge in [-0.1, -0.05) is 0 Å². The summed E-state index contributed by atoms with van der Waals surface area (Å²) in [4.78, 5) is 15.8. The molecule has 17 heavy (non-hydrogen) atoms. The van der Waals surface area contributed by atoms with Gasteiger partial charge in [0.05, 0.1) is 12.1 Å². The molecule has 3 atom stereocenters. The van der Waals surface area contributed by atoms with Crippen LogP contribution >= 0.6 is 11.3 Å². The minimum Gasteiger partial charge on any atom is -0.331 e. The Morgan fingerprint density at radius 1 is 1.47 bits per heavy atom. The Morgan fingerprint density at radius 2 is 2.29 bits per heavy atom. The number of piperidine rings is 1. The molecule has 3 rings (SSSR count). The first-order chi connectivity index (χ1) is 8.18. The number of carbonyl (C=O) groups excluding carboxylic acids is 1. The number of nitrogens with two attached hydrogens (primary N) is 1. The average Bonchev–Trinajstić information content (AvgIpc) is 2.72. The summed E-state index contributed by atoms with van der Waals surface area (Å²) in [6.07, 6.45) is 4.12. The van der Waals surface area contributed by atoms with Gasteiger partial charge >= 0.3 is 0 Å². The number of amides is 1. The molecule has 0 aromatic carbocycles. The molecule has 2 aliphatic heterocycles. The number of thiophene rings is 1. The van der Waals surface area contributed by atoms with Gasteiger partial charge in [-0.3, -0.25) is 4.79 Å². The first kappa shape index (κ1) is 11.2. The van der Waals surface area contributed by atoms with E-state index in [0.29, 0.717) is 12.5 Å². The van der Waals surface area contributed by atoms with Crippen molar-refractivity contribution >= 4 is 17.2 Å². The van der Waals surface area contributed by atoms with Crippen LogP contribution in [0.2, 0.25) is 0 Å². The molecule has 0 bridgehead atoms. The Bertz CT molecular complexity index is 442. The highest BCUT2D eigenvalue weighted by Gasteiger charge is 2.39. The summed E-state index contributed by atoms with van der Waals surface area (Å²) < 4.78 is 0. The van der Waals surface area contributed by atoms with Gasteiger partial charge in [0.1, 0.15) is 0 Å². The third kappa shape index (κ3) is 1.70. The molecule has 0 saturated carbocycles. The monoisotopic (exact) mass is 250 g/mol. The maximum Gasteiger partial charge on any atom is 0.240 e. The number of nitrogens with zero attached hydrogens (tertiary/aromatic N) is 1. The van der Waals surface area contributed by atoms with E-state index in [-0.39, 0.29) is 18.0 Å². The lowest BCUT2D eigenvalue weighted by Crippen LogP contribution is -2.50. The number of carbonyl (C=O) groups is 1. The molecule has 0 radical (unpaired) electrons. The van der Waals surface area contributed by atoms with Crippen LogP contribution in [0.25, 0.3) is 0 Å². The first-order valence-corrected chi connectivity index (χ1v) is 7.20. The zero-order valence-electron chi connectivity index (χ0n) is 10.1. The van der Waals surface area contributed by atoms with Gasteiger partial charge < -0.3 is 10.6 Å². The van der Waals surface area contributed by atoms with Gasteiger partial charge in [0.2, 0.25) is 5.91 Å². The van der Waals surface area contributed by atoms with Crippen LogP contribution in [0.3, 0.4) is 0 Å². The van der Waals surface area contributed by atoms with Crippen molar-refractivity contribution in [3.05, 3.63) is 21.9 Å². The van der Waals surface area contributed by atoms with Crippen LogP contribution in [-0.2, 0) is 11.2 Å². The van der Waals surface area contributed by atoms with Gasteiger partial charge in [-0.05, 0) is 49.6 Å². The molecule has 92 valence electrons. The van der Waals surface area contributed by atoms with E-state index in [4.69, 9.17) is 5.73 Å². The van der Waals surface area contributed by atoms with Crippen LogP contribution in [0.1, 0.15) is 42.7 Å². The highest BCUT2D eigenvalue weighted by Crippen LogP contribution is 2.41. The molecule has 1 fully saturated rings. The van der Waals surface area contributed by atoms with E-state index in [9.17, 15) is 4.79 Å². The van der Waals surface area contributed by atoms with E-state index in [2.05, 4.69) is 23.3 Å². The molecule has 1 saturated heterocycles. The van der Waals surface area contributed by atoms with E-state index in [0.717, 1.165) is 12.8 Å². The fourth-order valence-corrected chi connectivity index (χ4v) is 4.21. The predicted octanol–water partition coefficient (Wildman–Crippen LogP) is 2.07. The summed E-state index contributed by atoms with van der Waals surface area (Å²) >= 11 is 1.78. The van der Waals surface area contributed by atoms with E-state index in [1.165, 1.54) is 16.9 Å². The van der Waals surface area contributed by atoms with Crippen LogP contribution in [0.15, 0.2) is 11.4 Å². The van der Waals surface area contributed by atoms with Crippen LogP contribution in [0.4, 0.5) is 0 Å². The number of rotatable bonds is 0. The highest BCUT2D eigenvalue weighted by molar-refractivity contribution is 7.10. The molecule has 3 unspecified atom stereocenters. The lowest BCUT2D eigenvalue weighted by atomic mass is 9.95. The summed E-state index contributed by atoms with van der Waals surface area (Å²) in [5, 5.41) is 2.13. The summed E-state index contributed by atoms with van der Waals surface area (Å²) in [6, 6.07) is 2.40. The maximum atomic E-state index is 12.4. The van der Waals surface area contributed by atoms with Crippen LogP contribution < -0.4 is 5.73 Å². The molecule has 4 heteroatoms. The van der Waals surface area contributed by atoms with Crippen molar-refractivity contribution in [2.75, 3.05) is 0 Å². The van der Waals surface area contributed by atoms with Gasteiger partial charge in [0.15, 0.2) is 0 Å². The minimum atomic E-state index is -0.353. The molecule has 1 aromatic heterocycles. The number of hydrogen-bond donors (Lipinski definition) is 1. The third-order valence-electron chi connectivity index (χ3n) is 4.00. The van der Waals surface area contributed by atoms with Gasteiger partial charge in [-0.25, -0.2) is 0 Å². The Morgan fingerprint density at radius 3 is 3.12 bits per heavy atom. The Hall–Kier alpha value is -0.870. The van der Waals surface area contributed by atoms with Crippen molar-refractivity contribution in [1.82, 2.24) is 4.90 Å². The third-order valence-corrected chi connectivity index (χ3v) is 5.07. The lowest BCUT2D eigenvalue weighted by Gasteiger charge is -2.40. The van der Waals surface area contributed by atoms with E-state index in [1.54, 1.807) is 11.3 Å². The van der Waals surface area contributed by atoms with Crippen molar-refractivity contribution in [2.24, 2.45) is 5.73 Å². The second-order valence-electron chi connectivity index (χ2n) is 5.16. The molecular formula is C13H18N2OS. The van der Waals surface area contributed by atoms with Gasteiger partial charge in [-0.2, -0.15) is 0 Å². The van der Waals surface area contributed by atoms with Crippen molar-refractivity contribution in [1.29, 1.82) is 0 Å².